The Kier molecular flexibility index (Phi) is 3.55. The molecule has 0 atom stereocenters. The van der Waals surface area contributed by atoms with E-state index in [1.165, 1.54) is 11.1 Å². The summed E-state index contributed by atoms with van der Waals surface area (Å²) in [5.74, 6) is 0. The van der Waals surface area contributed by atoms with Crippen molar-refractivity contribution in [1.82, 2.24) is 0 Å². The van der Waals surface area contributed by atoms with Crippen LogP contribution >= 0.6 is 0 Å². The molecule has 0 bridgehead atoms. The average Bonchev–Trinajstić information content (AvgIpc) is 2.51. The van der Waals surface area contributed by atoms with Crippen LogP contribution in [-0.4, -0.2) is 7.28 Å². The van der Waals surface area contributed by atoms with E-state index in [4.69, 9.17) is 5.73 Å². The molecule has 20 heavy (non-hydrogen) atoms. The van der Waals surface area contributed by atoms with Crippen molar-refractivity contribution in [3.05, 3.63) is 78.9 Å². The summed E-state index contributed by atoms with van der Waals surface area (Å²) < 4.78 is 0. The van der Waals surface area contributed by atoms with Crippen LogP contribution in [-0.2, 0) is 0 Å². The molecular formula is C18H15BN. The first-order valence-electron chi connectivity index (χ1n) is 6.68. The quantitative estimate of drug-likeness (QED) is 0.565. The SMILES string of the molecule is Nc1ccccc1[B]c1ccc(-c2ccccc2)cc1. The summed E-state index contributed by atoms with van der Waals surface area (Å²) in [6, 6.07) is 26.8. The van der Waals surface area contributed by atoms with Crippen LogP contribution in [0.1, 0.15) is 0 Å². The van der Waals surface area contributed by atoms with Crippen molar-refractivity contribution in [2.45, 2.75) is 0 Å². The Morgan fingerprint density at radius 3 is 1.90 bits per heavy atom. The third-order valence-corrected chi connectivity index (χ3v) is 3.34. The summed E-state index contributed by atoms with van der Waals surface area (Å²) in [4.78, 5) is 0. The zero-order valence-electron chi connectivity index (χ0n) is 11.2. The van der Waals surface area contributed by atoms with Gasteiger partial charge in [-0.15, -0.1) is 0 Å². The van der Waals surface area contributed by atoms with Gasteiger partial charge in [0.25, 0.3) is 0 Å². The van der Waals surface area contributed by atoms with Gasteiger partial charge < -0.3 is 5.73 Å². The molecule has 1 radical (unpaired) electrons. The number of benzene rings is 3. The lowest BCUT2D eigenvalue weighted by Crippen LogP contribution is -2.28. The summed E-state index contributed by atoms with van der Waals surface area (Å²) in [6.45, 7) is 0. The highest BCUT2D eigenvalue weighted by Gasteiger charge is 2.03. The zero-order valence-corrected chi connectivity index (χ0v) is 11.2. The molecule has 0 unspecified atom stereocenters. The smallest absolute Gasteiger partial charge is 0.194 e. The van der Waals surface area contributed by atoms with Crippen LogP contribution in [0.15, 0.2) is 78.9 Å². The van der Waals surface area contributed by atoms with Crippen LogP contribution < -0.4 is 16.7 Å². The average molecular weight is 256 g/mol. The Morgan fingerprint density at radius 2 is 1.20 bits per heavy atom. The molecule has 0 saturated carbocycles. The molecule has 3 rings (SSSR count). The van der Waals surface area contributed by atoms with Gasteiger partial charge in [0.15, 0.2) is 7.28 Å². The van der Waals surface area contributed by atoms with Gasteiger partial charge in [0, 0.05) is 5.69 Å². The molecule has 0 aliphatic rings. The molecule has 0 heterocycles. The van der Waals surface area contributed by atoms with Gasteiger partial charge in [-0.05, 0) is 17.2 Å². The monoisotopic (exact) mass is 256 g/mol. The van der Waals surface area contributed by atoms with Crippen molar-refractivity contribution in [3.63, 3.8) is 0 Å². The molecule has 0 amide bonds. The standard InChI is InChI=1S/C18H15BN/c20-18-9-5-4-8-17(18)19-16-12-10-15(11-13-16)14-6-2-1-3-7-14/h1-13H,20H2. The number of nitrogens with two attached hydrogens (primary N) is 1. The van der Waals surface area contributed by atoms with E-state index in [9.17, 15) is 0 Å². The number of nitrogen functional groups attached to an aromatic ring is 1. The molecule has 0 spiro atoms. The zero-order chi connectivity index (χ0) is 13.8. The number of rotatable bonds is 3. The van der Waals surface area contributed by atoms with Gasteiger partial charge in [-0.3, -0.25) is 0 Å². The minimum Gasteiger partial charge on any atom is -0.399 e. The van der Waals surface area contributed by atoms with E-state index in [0.29, 0.717) is 0 Å². The highest BCUT2D eigenvalue weighted by Crippen LogP contribution is 2.16. The first-order chi connectivity index (χ1) is 9.83. The van der Waals surface area contributed by atoms with Crippen LogP contribution in [0.3, 0.4) is 0 Å². The van der Waals surface area contributed by atoms with E-state index in [-0.39, 0.29) is 0 Å². The second-order valence-electron chi connectivity index (χ2n) is 4.76. The maximum absolute atomic E-state index is 5.96. The van der Waals surface area contributed by atoms with Crippen molar-refractivity contribution in [3.8, 4) is 11.1 Å². The lowest BCUT2D eigenvalue weighted by Gasteiger charge is -2.06. The number of anilines is 1. The fraction of sp³-hybridized carbons (Fsp3) is 0. The minimum absolute atomic E-state index is 0.805. The minimum atomic E-state index is 0.805. The molecule has 0 aromatic heterocycles. The maximum atomic E-state index is 5.96. The molecule has 0 saturated heterocycles. The number of para-hydroxylation sites is 1. The van der Waals surface area contributed by atoms with Gasteiger partial charge >= 0.3 is 0 Å². The van der Waals surface area contributed by atoms with Gasteiger partial charge in [0.05, 0.1) is 0 Å². The van der Waals surface area contributed by atoms with Crippen molar-refractivity contribution in [1.29, 1.82) is 0 Å². The Morgan fingerprint density at radius 1 is 0.600 bits per heavy atom. The van der Waals surface area contributed by atoms with E-state index in [0.717, 1.165) is 16.6 Å². The molecule has 2 heteroatoms. The van der Waals surface area contributed by atoms with Gasteiger partial charge in [-0.1, -0.05) is 83.7 Å². The Bertz CT molecular complexity index is 690. The predicted molar refractivity (Wildman–Crippen MR) is 87.8 cm³/mol. The Labute approximate surface area is 120 Å². The fourth-order valence-electron chi connectivity index (χ4n) is 2.22. The summed E-state index contributed by atoms with van der Waals surface area (Å²) in [5.41, 5.74) is 11.4. The molecule has 3 aromatic rings. The second-order valence-corrected chi connectivity index (χ2v) is 4.76. The lowest BCUT2D eigenvalue weighted by atomic mass is 9.63. The van der Waals surface area contributed by atoms with Crippen LogP contribution in [0, 0.1) is 0 Å². The van der Waals surface area contributed by atoms with E-state index < -0.39 is 0 Å². The molecule has 0 fully saturated rings. The summed E-state index contributed by atoms with van der Waals surface area (Å²) in [6.07, 6.45) is 0. The van der Waals surface area contributed by atoms with Crippen LogP contribution in [0.5, 0.6) is 0 Å². The molecule has 0 aliphatic heterocycles. The summed E-state index contributed by atoms with van der Waals surface area (Å²) in [7, 11) is 2.10. The van der Waals surface area contributed by atoms with Crippen LogP contribution in [0.25, 0.3) is 11.1 Å². The molecule has 2 N–H and O–H groups in total. The van der Waals surface area contributed by atoms with Gasteiger partial charge in [-0.2, -0.15) is 0 Å². The van der Waals surface area contributed by atoms with E-state index in [2.05, 4.69) is 55.8 Å². The van der Waals surface area contributed by atoms with Crippen molar-refractivity contribution in [2.75, 3.05) is 5.73 Å². The molecular weight excluding hydrogens is 241 g/mol. The topological polar surface area (TPSA) is 26.0 Å². The number of hydrogen-bond donors (Lipinski definition) is 1. The van der Waals surface area contributed by atoms with Crippen molar-refractivity contribution >= 4 is 23.9 Å². The van der Waals surface area contributed by atoms with Gasteiger partial charge in [0.1, 0.15) is 0 Å². The lowest BCUT2D eigenvalue weighted by molar-refractivity contribution is 1.63. The normalized spacial score (nSPS) is 10.2. The van der Waals surface area contributed by atoms with E-state index in [1.54, 1.807) is 0 Å². The highest BCUT2D eigenvalue weighted by atomic mass is 14.5. The first kappa shape index (κ1) is 12.6. The summed E-state index contributed by atoms with van der Waals surface area (Å²) in [5, 5.41) is 0. The third-order valence-electron chi connectivity index (χ3n) is 3.34. The van der Waals surface area contributed by atoms with E-state index >= 15 is 0 Å². The molecule has 0 aliphatic carbocycles. The number of hydrogen-bond acceptors (Lipinski definition) is 1. The van der Waals surface area contributed by atoms with Crippen molar-refractivity contribution in [2.24, 2.45) is 0 Å². The van der Waals surface area contributed by atoms with Crippen molar-refractivity contribution < 1.29 is 0 Å². The first-order valence-corrected chi connectivity index (χ1v) is 6.68. The van der Waals surface area contributed by atoms with Gasteiger partial charge in [-0.25, -0.2) is 0 Å². The predicted octanol–water partition coefficient (Wildman–Crippen LogP) is 2.59. The second kappa shape index (κ2) is 5.66. The largest absolute Gasteiger partial charge is 0.399 e. The van der Waals surface area contributed by atoms with Gasteiger partial charge in [0.2, 0.25) is 0 Å². The Balaban J connectivity index is 1.82. The van der Waals surface area contributed by atoms with E-state index in [1.807, 2.05) is 30.3 Å². The molecule has 95 valence electrons. The van der Waals surface area contributed by atoms with Crippen LogP contribution in [0.4, 0.5) is 5.69 Å². The third kappa shape index (κ3) is 2.75. The fourth-order valence-corrected chi connectivity index (χ4v) is 2.22. The highest BCUT2D eigenvalue weighted by molar-refractivity contribution is 6.68. The summed E-state index contributed by atoms with van der Waals surface area (Å²) >= 11 is 0. The molecule has 1 nitrogen and oxygen atoms in total. The Hall–Kier alpha value is -2.48. The maximum Gasteiger partial charge on any atom is 0.194 e. The van der Waals surface area contributed by atoms with Crippen LogP contribution in [0.2, 0.25) is 0 Å². The molecule has 3 aromatic carbocycles.